The van der Waals surface area contributed by atoms with Crippen molar-refractivity contribution in [3.63, 3.8) is 0 Å². The van der Waals surface area contributed by atoms with Crippen molar-refractivity contribution in [2.24, 2.45) is 0 Å². The Hall–Kier alpha value is -2.48. The lowest BCUT2D eigenvalue weighted by atomic mass is 10.2. The van der Waals surface area contributed by atoms with Crippen molar-refractivity contribution < 1.29 is 9.72 Å². The topological polar surface area (TPSA) is 111 Å². The summed E-state index contributed by atoms with van der Waals surface area (Å²) in [4.78, 5) is 26.9. The Bertz CT molecular complexity index is 628. The van der Waals surface area contributed by atoms with E-state index in [1.807, 2.05) is 17.5 Å². The summed E-state index contributed by atoms with van der Waals surface area (Å²) in [6, 6.07) is 5.10. The lowest BCUT2D eigenvalue weighted by Gasteiger charge is -2.05. The Kier molecular flexibility index (Phi) is 4.26. The van der Waals surface area contributed by atoms with Crippen LogP contribution in [0.2, 0.25) is 0 Å². The van der Waals surface area contributed by atoms with E-state index in [9.17, 15) is 14.9 Å². The van der Waals surface area contributed by atoms with Gasteiger partial charge in [-0.05, 0) is 23.9 Å². The Morgan fingerprint density at radius 3 is 3.00 bits per heavy atom. The number of nitrogens with two attached hydrogens (primary N) is 1. The first-order valence-electron chi connectivity index (χ1n) is 5.78. The number of nitrogen functional groups attached to an aromatic ring is 1. The van der Waals surface area contributed by atoms with E-state index in [-0.39, 0.29) is 17.1 Å². The van der Waals surface area contributed by atoms with Crippen LogP contribution in [-0.2, 0) is 6.42 Å². The molecule has 2 aromatic rings. The van der Waals surface area contributed by atoms with E-state index >= 15 is 0 Å². The van der Waals surface area contributed by atoms with Gasteiger partial charge in [-0.3, -0.25) is 14.9 Å². The van der Waals surface area contributed by atoms with Gasteiger partial charge in [0, 0.05) is 11.4 Å². The predicted molar refractivity (Wildman–Crippen MR) is 75.7 cm³/mol. The first kappa shape index (κ1) is 13.9. The molecule has 0 saturated carbocycles. The third-order valence-electron chi connectivity index (χ3n) is 2.58. The summed E-state index contributed by atoms with van der Waals surface area (Å²) in [6.07, 6.45) is 1.67. The van der Waals surface area contributed by atoms with Gasteiger partial charge in [-0.15, -0.1) is 11.3 Å². The average molecular weight is 292 g/mol. The van der Waals surface area contributed by atoms with Gasteiger partial charge in [0.15, 0.2) is 0 Å². The molecule has 8 heteroatoms. The van der Waals surface area contributed by atoms with Gasteiger partial charge in [0.25, 0.3) is 11.6 Å². The first-order valence-corrected chi connectivity index (χ1v) is 6.66. The largest absolute Gasteiger partial charge is 0.384 e. The molecule has 0 aliphatic heterocycles. The van der Waals surface area contributed by atoms with Crippen LogP contribution in [-0.4, -0.2) is 22.4 Å². The highest BCUT2D eigenvalue weighted by molar-refractivity contribution is 7.09. The van der Waals surface area contributed by atoms with E-state index in [4.69, 9.17) is 5.73 Å². The normalized spacial score (nSPS) is 10.2. The van der Waals surface area contributed by atoms with E-state index in [1.165, 1.54) is 6.07 Å². The van der Waals surface area contributed by atoms with Gasteiger partial charge in [0.2, 0.25) is 0 Å². The number of thiophene rings is 1. The number of hydrogen-bond donors (Lipinski definition) is 2. The number of carbonyl (C=O) groups excluding carboxylic acids is 1. The molecule has 3 N–H and O–H groups in total. The molecule has 2 heterocycles. The Balaban J connectivity index is 2.05. The molecule has 0 bridgehead atoms. The zero-order valence-electron chi connectivity index (χ0n) is 10.4. The standard InChI is InChI=1S/C12H12N4O3S/c13-11-6-9(10(7-15-11)16(18)19)12(17)14-4-3-8-2-1-5-20-8/h1-2,5-7H,3-4H2,(H2,13,15)(H,14,17). The van der Waals surface area contributed by atoms with Gasteiger partial charge in [-0.25, -0.2) is 4.98 Å². The number of carbonyl (C=O) groups is 1. The SMILES string of the molecule is Nc1cc(C(=O)NCCc2cccs2)c([N+](=O)[O-])cn1. The van der Waals surface area contributed by atoms with Crippen molar-refractivity contribution in [2.75, 3.05) is 12.3 Å². The molecule has 0 aliphatic rings. The molecule has 7 nitrogen and oxygen atoms in total. The summed E-state index contributed by atoms with van der Waals surface area (Å²) >= 11 is 1.59. The molecular formula is C12H12N4O3S. The van der Waals surface area contributed by atoms with Gasteiger partial charge < -0.3 is 11.1 Å². The van der Waals surface area contributed by atoms with Crippen LogP contribution in [0.15, 0.2) is 29.8 Å². The van der Waals surface area contributed by atoms with Crippen molar-refractivity contribution in [3.05, 3.63) is 50.3 Å². The van der Waals surface area contributed by atoms with E-state index in [2.05, 4.69) is 10.3 Å². The molecule has 104 valence electrons. The zero-order chi connectivity index (χ0) is 14.5. The molecule has 1 amide bonds. The maximum Gasteiger partial charge on any atom is 0.300 e. The van der Waals surface area contributed by atoms with Crippen LogP contribution >= 0.6 is 11.3 Å². The average Bonchev–Trinajstić information content (AvgIpc) is 2.91. The molecular weight excluding hydrogens is 280 g/mol. The second kappa shape index (κ2) is 6.11. The highest BCUT2D eigenvalue weighted by Crippen LogP contribution is 2.18. The Labute approximate surface area is 118 Å². The molecule has 0 unspecified atom stereocenters. The fourth-order valence-electron chi connectivity index (χ4n) is 1.64. The molecule has 0 radical (unpaired) electrons. The minimum atomic E-state index is -0.652. The molecule has 2 rings (SSSR count). The van der Waals surface area contributed by atoms with Crippen LogP contribution in [0.4, 0.5) is 11.5 Å². The maximum atomic E-state index is 12.0. The fraction of sp³-hybridized carbons (Fsp3) is 0.167. The van der Waals surface area contributed by atoms with Gasteiger partial charge in [0.05, 0.1) is 4.92 Å². The number of pyridine rings is 1. The van der Waals surface area contributed by atoms with Crippen LogP contribution < -0.4 is 11.1 Å². The molecule has 0 spiro atoms. The number of amides is 1. The number of aromatic nitrogens is 1. The monoisotopic (exact) mass is 292 g/mol. The zero-order valence-corrected chi connectivity index (χ0v) is 11.2. The maximum absolute atomic E-state index is 12.0. The van der Waals surface area contributed by atoms with E-state index in [1.54, 1.807) is 11.3 Å². The summed E-state index contributed by atoms with van der Waals surface area (Å²) in [7, 11) is 0. The summed E-state index contributed by atoms with van der Waals surface area (Å²) in [5.41, 5.74) is 5.03. The quantitative estimate of drug-likeness (QED) is 0.642. The summed E-state index contributed by atoms with van der Waals surface area (Å²) in [5.74, 6) is -0.457. The lowest BCUT2D eigenvalue weighted by molar-refractivity contribution is -0.385. The van der Waals surface area contributed by atoms with E-state index in [0.29, 0.717) is 13.0 Å². The summed E-state index contributed by atoms with van der Waals surface area (Å²) in [6.45, 7) is 0.402. The lowest BCUT2D eigenvalue weighted by Crippen LogP contribution is -2.26. The number of nitro groups is 1. The molecule has 0 aliphatic carbocycles. The molecule has 0 saturated heterocycles. The van der Waals surface area contributed by atoms with Crippen molar-refractivity contribution in [1.82, 2.24) is 10.3 Å². The van der Waals surface area contributed by atoms with E-state index < -0.39 is 10.8 Å². The fourth-order valence-corrected chi connectivity index (χ4v) is 2.35. The number of rotatable bonds is 5. The van der Waals surface area contributed by atoms with Gasteiger partial charge >= 0.3 is 0 Å². The Morgan fingerprint density at radius 2 is 2.35 bits per heavy atom. The van der Waals surface area contributed by atoms with Gasteiger partial charge in [-0.2, -0.15) is 0 Å². The van der Waals surface area contributed by atoms with Gasteiger partial charge in [0.1, 0.15) is 17.6 Å². The number of anilines is 1. The van der Waals surface area contributed by atoms with Crippen molar-refractivity contribution in [2.45, 2.75) is 6.42 Å². The third-order valence-corrected chi connectivity index (χ3v) is 3.52. The van der Waals surface area contributed by atoms with Crippen molar-refractivity contribution >= 4 is 28.7 Å². The summed E-state index contributed by atoms with van der Waals surface area (Å²) in [5, 5.41) is 15.4. The second-order valence-electron chi connectivity index (χ2n) is 3.97. The predicted octanol–water partition coefficient (Wildman–Crippen LogP) is 1.61. The van der Waals surface area contributed by atoms with Crippen LogP contribution in [0.5, 0.6) is 0 Å². The van der Waals surface area contributed by atoms with Gasteiger partial charge in [-0.1, -0.05) is 6.07 Å². The Morgan fingerprint density at radius 1 is 1.55 bits per heavy atom. The smallest absolute Gasteiger partial charge is 0.300 e. The second-order valence-corrected chi connectivity index (χ2v) is 5.00. The number of nitrogens with zero attached hydrogens (tertiary/aromatic N) is 2. The summed E-state index contributed by atoms with van der Waals surface area (Å²) < 4.78 is 0. The number of hydrogen-bond acceptors (Lipinski definition) is 6. The molecule has 20 heavy (non-hydrogen) atoms. The van der Waals surface area contributed by atoms with Crippen LogP contribution in [0.1, 0.15) is 15.2 Å². The van der Waals surface area contributed by atoms with Crippen LogP contribution in [0.25, 0.3) is 0 Å². The van der Waals surface area contributed by atoms with Crippen molar-refractivity contribution in [1.29, 1.82) is 0 Å². The molecule has 0 aromatic carbocycles. The van der Waals surface area contributed by atoms with Crippen molar-refractivity contribution in [3.8, 4) is 0 Å². The molecule has 0 fully saturated rings. The van der Waals surface area contributed by atoms with Crippen LogP contribution in [0.3, 0.4) is 0 Å². The highest BCUT2D eigenvalue weighted by atomic mass is 32.1. The molecule has 2 aromatic heterocycles. The number of nitrogens with one attached hydrogen (secondary N) is 1. The first-order chi connectivity index (χ1) is 9.58. The minimum Gasteiger partial charge on any atom is -0.384 e. The molecule has 0 atom stereocenters. The van der Waals surface area contributed by atoms with E-state index in [0.717, 1.165) is 11.1 Å². The van der Waals surface area contributed by atoms with Crippen LogP contribution in [0, 0.1) is 10.1 Å². The minimum absolute atomic E-state index is 0.0685. The third kappa shape index (κ3) is 3.29. The highest BCUT2D eigenvalue weighted by Gasteiger charge is 2.20.